The maximum absolute atomic E-state index is 13.5. The van der Waals surface area contributed by atoms with E-state index < -0.39 is 35.1 Å². The quantitative estimate of drug-likeness (QED) is 0.165. The van der Waals surface area contributed by atoms with Crippen LogP contribution in [0, 0.1) is 32.1 Å². The summed E-state index contributed by atoms with van der Waals surface area (Å²) in [6.45, 7) is 8.40. The van der Waals surface area contributed by atoms with Crippen LogP contribution in [-0.4, -0.2) is 52.4 Å². The zero-order valence-electron chi connectivity index (χ0n) is 31.5. The van der Waals surface area contributed by atoms with Gasteiger partial charge < -0.3 is 19.1 Å². The fourth-order valence-electron chi connectivity index (χ4n) is 7.74. The predicted molar refractivity (Wildman–Crippen MR) is 209 cm³/mol. The highest BCUT2D eigenvalue weighted by Gasteiger charge is 2.46. The Morgan fingerprint density at radius 2 is 1.77 bits per heavy atom. The van der Waals surface area contributed by atoms with E-state index in [-0.39, 0.29) is 30.1 Å². The summed E-state index contributed by atoms with van der Waals surface area (Å²) in [7, 11) is 0. The third kappa shape index (κ3) is 6.55. The van der Waals surface area contributed by atoms with E-state index in [4.69, 9.17) is 9.26 Å². The maximum atomic E-state index is 13.5. The fraction of sp³-hybridized carbons (Fsp3) is 0.273. The molecule has 4 aromatic rings. The van der Waals surface area contributed by atoms with Crippen molar-refractivity contribution in [3.8, 4) is 17.2 Å². The molecule has 1 aliphatic carbocycles. The topological polar surface area (TPSA) is 149 Å². The Bertz CT molecular complexity index is 2410. The van der Waals surface area contributed by atoms with Crippen molar-refractivity contribution in [2.75, 3.05) is 16.3 Å². The number of allylic oxidation sites excluding steroid dienone is 3. The average Bonchev–Trinajstić information content (AvgIpc) is 3.92. The lowest BCUT2D eigenvalue weighted by atomic mass is 9.97. The standard InChI is InChI=1S/C44H40N6O6/c1-26-8-9-30(40-28(3)47-56-29(40)4)21-38(26)49(32-12-10-31(11-13-32)44(25-45)18-19-44)23-27(2)55-34-7-5-6-20-48(24-34)33-14-15-35-36(22-33)43(54)50(42(35)53)37-16-17-39(51)46-41(37)52/h5-15,20-22,24,27,37H,16-19,23H2,1-4H3,(H,46,51,52). The number of imide groups is 2. The number of aromatic nitrogens is 1. The molecule has 0 bridgehead atoms. The maximum Gasteiger partial charge on any atom is 0.262 e. The Kier molecular flexibility index (Phi) is 9.16. The van der Waals surface area contributed by atoms with Crippen LogP contribution in [0.25, 0.3) is 11.1 Å². The summed E-state index contributed by atoms with van der Waals surface area (Å²) < 4.78 is 12.1. The van der Waals surface area contributed by atoms with Crippen molar-refractivity contribution in [3.63, 3.8) is 0 Å². The fourth-order valence-corrected chi connectivity index (χ4v) is 7.74. The van der Waals surface area contributed by atoms with Crippen molar-refractivity contribution in [1.29, 1.82) is 5.26 Å². The summed E-state index contributed by atoms with van der Waals surface area (Å²) in [5, 5.41) is 16.2. The molecule has 8 rings (SSSR count). The lowest BCUT2D eigenvalue weighted by Crippen LogP contribution is -2.54. The Hall–Kier alpha value is -6.74. The monoisotopic (exact) mass is 748 g/mol. The van der Waals surface area contributed by atoms with Gasteiger partial charge in [0.1, 0.15) is 23.7 Å². The van der Waals surface area contributed by atoms with Gasteiger partial charge >= 0.3 is 0 Å². The third-order valence-electron chi connectivity index (χ3n) is 10.9. The van der Waals surface area contributed by atoms with Gasteiger partial charge in [0.15, 0.2) is 0 Å². The SMILES string of the molecule is Cc1ccc(-c2c(C)noc2C)cc1N(CC(C)OC1=CN(c2ccc3c(c2)C(=O)N(C2CCC(=O)NC2=O)C3=O)C=CC=C1)c1ccc(C2(C#N)CC2)cc1. The number of carbonyl (C=O) groups is 4. The number of nitrogens with zero attached hydrogens (tertiary/aromatic N) is 5. The molecular formula is C44H40N6O6. The van der Waals surface area contributed by atoms with Gasteiger partial charge in [-0.3, -0.25) is 29.4 Å². The molecule has 2 atom stereocenters. The van der Waals surface area contributed by atoms with Gasteiger partial charge in [0.25, 0.3) is 11.8 Å². The van der Waals surface area contributed by atoms with E-state index >= 15 is 0 Å². The molecule has 2 unspecified atom stereocenters. The molecular weight excluding hydrogens is 709 g/mol. The predicted octanol–water partition coefficient (Wildman–Crippen LogP) is 7.20. The summed E-state index contributed by atoms with van der Waals surface area (Å²) in [4.78, 5) is 56.1. The van der Waals surface area contributed by atoms with Crippen molar-refractivity contribution >= 4 is 40.7 Å². The van der Waals surface area contributed by atoms with E-state index in [0.29, 0.717) is 18.0 Å². The van der Waals surface area contributed by atoms with E-state index in [0.717, 1.165) is 62.8 Å². The molecule has 12 nitrogen and oxygen atoms in total. The Balaban J connectivity index is 1.06. The summed E-state index contributed by atoms with van der Waals surface area (Å²) in [6, 6.07) is 21.0. The van der Waals surface area contributed by atoms with Crippen molar-refractivity contribution in [2.45, 2.75) is 70.9 Å². The molecule has 1 saturated carbocycles. The van der Waals surface area contributed by atoms with Crippen LogP contribution in [0.1, 0.15) is 75.9 Å². The van der Waals surface area contributed by atoms with Crippen LogP contribution in [0.2, 0.25) is 0 Å². The van der Waals surface area contributed by atoms with Crippen LogP contribution in [0.4, 0.5) is 17.1 Å². The minimum Gasteiger partial charge on any atom is -0.487 e. The second-order valence-corrected chi connectivity index (χ2v) is 14.8. The normalized spacial score (nSPS) is 18.9. The van der Waals surface area contributed by atoms with E-state index in [1.807, 2.05) is 56.3 Å². The van der Waals surface area contributed by atoms with Crippen molar-refractivity contribution < 1.29 is 28.4 Å². The number of aryl methyl sites for hydroxylation is 3. The molecule has 4 aliphatic rings. The number of benzene rings is 3. The number of fused-ring (bicyclic) bond motifs is 1. The van der Waals surface area contributed by atoms with Crippen LogP contribution in [0.3, 0.4) is 0 Å². The molecule has 56 heavy (non-hydrogen) atoms. The first-order valence-electron chi connectivity index (χ1n) is 18.7. The highest BCUT2D eigenvalue weighted by Crippen LogP contribution is 2.48. The zero-order chi connectivity index (χ0) is 39.3. The summed E-state index contributed by atoms with van der Waals surface area (Å²) in [5.41, 5.74) is 7.40. The summed E-state index contributed by atoms with van der Waals surface area (Å²) in [5.74, 6) is -0.899. The number of rotatable bonds is 10. The van der Waals surface area contributed by atoms with Gasteiger partial charge in [0, 0.05) is 35.2 Å². The third-order valence-corrected chi connectivity index (χ3v) is 10.9. The highest BCUT2D eigenvalue weighted by molar-refractivity contribution is 6.23. The Labute approximate surface area is 324 Å². The molecule has 4 heterocycles. The van der Waals surface area contributed by atoms with Crippen LogP contribution >= 0.6 is 0 Å². The first-order valence-corrected chi connectivity index (χ1v) is 18.7. The number of carbonyl (C=O) groups excluding carboxylic acids is 4. The molecule has 4 amide bonds. The van der Waals surface area contributed by atoms with Crippen molar-refractivity contribution in [3.05, 3.63) is 131 Å². The number of hydrogen-bond acceptors (Lipinski definition) is 10. The highest BCUT2D eigenvalue weighted by atomic mass is 16.5. The van der Waals surface area contributed by atoms with Crippen LogP contribution < -0.4 is 15.1 Å². The molecule has 1 N–H and O–H groups in total. The van der Waals surface area contributed by atoms with Crippen molar-refractivity contribution in [1.82, 2.24) is 15.4 Å². The largest absolute Gasteiger partial charge is 0.487 e. The lowest BCUT2D eigenvalue weighted by molar-refractivity contribution is -0.136. The number of anilines is 3. The lowest BCUT2D eigenvalue weighted by Gasteiger charge is -2.31. The Morgan fingerprint density at radius 3 is 2.46 bits per heavy atom. The second kappa shape index (κ2) is 14.2. The van der Waals surface area contributed by atoms with E-state index in [2.05, 4.69) is 70.8 Å². The summed E-state index contributed by atoms with van der Waals surface area (Å²) in [6.07, 6.45) is 10.7. The molecule has 12 heteroatoms. The number of hydrogen-bond donors (Lipinski definition) is 1. The van der Waals surface area contributed by atoms with Crippen LogP contribution in [-0.2, 0) is 19.7 Å². The minimum absolute atomic E-state index is 0.0496. The van der Waals surface area contributed by atoms with Gasteiger partial charge in [-0.15, -0.1) is 0 Å². The van der Waals surface area contributed by atoms with Gasteiger partial charge in [0.05, 0.1) is 41.0 Å². The number of ether oxygens (including phenoxy) is 1. The molecule has 0 radical (unpaired) electrons. The Morgan fingerprint density at radius 1 is 1.00 bits per heavy atom. The summed E-state index contributed by atoms with van der Waals surface area (Å²) >= 11 is 0. The average molecular weight is 749 g/mol. The van der Waals surface area contributed by atoms with Crippen molar-refractivity contribution in [2.24, 2.45) is 0 Å². The number of nitriles is 1. The van der Waals surface area contributed by atoms with Gasteiger partial charge in [-0.25, -0.2) is 0 Å². The van der Waals surface area contributed by atoms with Gasteiger partial charge in [0.2, 0.25) is 11.8 Å². The van der Waals surface area contributed by atoms with Gasteiger partial charge in [-0.2, -0.15) is 5.26 Å². The first-order chi connectivity index (χ1) is 27.0. The van der Waals surface area contributed by atoms with Gasteiger partial charge in [-0.1, -0.05) is 35.5 Å². The number of nitrogens with one attached hydrogen (secondary N) is 1. The zero-order valence-corrected chi connectivity index (χ0v) is 31.5. The minimum atomic E-state index is -1.04. The smallest absolute Gasteiger partial charge is 0.262 e. The van der Waals surface area contributed by atoms with E-state index in [1.54, 1.807) is 18.2 Å². The molecule has 0 spiro atoms. The van der Waals surface area contributed by atoms with Crippen LogP contribution in [0.15, 0.2) is 102 Å². The molecule has 282 valence electrons. The van der Waals surface area contributed by atoms with E-state index in [9.17, 15) is 24.4 Å². The molecule has 2 fully saturated rings. The van der Waals surface area contributed by atoms with Gasteiger partial charge in [-0.05, 0) is 112 Å². The van der Waals surface area contributed by atoms with Crippen LogP contribution in [0.5, 0.6) is 0 Å². The number of amides is 4. The molecule has 3 aromatic carbocycles. The molecule has 1 aromatic heterocycles. The first kappa shape index (κ1) is 36.2. The number of piperidine rings is 1. The molecule has 1 saturated heterocycles. The second-order valence-electron chi connectivity index (χ2n) is 14.8. The van der Waals surface area contributed by atoms with E-state index in [1.165, 1.54) is 0 Å². The molecule has 3 aliphatic heterocycles.